The number of halogens is 1. The highest BCUT2D eigenvalue weighted by atomic mass is 19.1. The third-order valence-electron chi connectivity index (χ3n) is 3.74. The summed E-state index contributed by atoms with van der Waals surface area (Å²) < 4.78 is 13.2. The molecular weight excluding hydrogens is 249 g/mol. The topological polar surface area (TPSA) is 12.0 Å². The molecule has 1 atom stereocenters. The first-order valence-corrected chi connectivity index (χ1v) is 7.09. The predicted molar refractivity (Wildman–Crippen MR) is 82.3 cm³/mol. The summed E-state index contributed by atoms with van der Waals surface area (Å²) in [5.41, 5.74) is 4.84. The van der Waals surface area contributed by atoms with Gasteiger partial charge < -0.3 is 5.32 Å². The molecule has 1 N–H and O–H groups in total. The fourth-order valence-corrected chi connectivity index (χ4v) is 2.36. The summed E-state index contributed by atoms with van der Waals surface area (Å²) in [6.45, 7) is 7.03. The molecule has 2 aromatic rings. The molecule has 2 rings (SSSR count). The molecular formula is C18H22FN. The van der Waals surface area contributed by atoms with Crippen LogP contribution in [-0.4, -0.2) is 6.04 Å². The third kappa shape index (κ3) is 3.91. The van der Waals surface area contributed by atoms with Gasteiger partial charge in [-0.25, -0.2) is 4.39 Å². The van der Waals surface area contributed by atoms with Crippen molar-refractivity contribution in [1.29, 1.82) is 0 Å². The molecule has 0 aliphatic rings. The lowest BCUT2D eigenvalue weighted by atomic mass is 10.0. The lowest BCUT2D eigenvalue weighted by molar-refractivity contribution is 0.540. The van der Waals surface area contributed by atoms with Crippen molar-refractivity contribution in [3.8, 4) is 0 Å². The Kier molecular flexibility index (Phi) is 4.91. The van der Waals surface area contributed by atoms with Crippen molar-refractivity contribution in [2.24, 2.45) is 0 Å². The van der Waals surface area contributed by atoms with Crippen LogP contribution >= 0.6 is 0 Å². The minimum atomic E-state index is -0.168. The van der Waals surface area contributed by atoms with Gasteiger partial charge in [-0.1, -0.05) is 30.3 Å². The maximum absolute atomic E-state index is 13.2. The summed E-state index contributed by atoms with van der Waals surface area (Å²) in [7, 11) is 0. The lowest BCUT2D eigenvalue weighted by Gasteiger charge is -2.16. The first kappa shape index (κ1) is 14.7. The summed E-state index contributed by atoms with van der Waals surface area (Å²) in [5.74, 6) is -0.168. The van der Waals surface area contributed by atoms with Gasteiger partial charge in [0, 0.05) is 12.6 Å². The second-order valence-corrected chi connectivity index (χ2v) is 5.48. The first-order valence-electron chi connectivity index (χ1n) is 7.09. The molecule has 2 heteroatoms. The number of rotatable bonds is 5. The normalized spacial score (nSPS) is 12.4. The Balaban J connectivity index is 1.94. The van der Waals surface area contributed by atoms with Crippen molar-refractivity contribution in [2.75, 3.05) is 0 Å². The Morgan fingerprint density at radius 1 is 1.00 bits per heavy atom. The summed E-state index contributed by atoms with van der Waals surface area (Å²) in [4.78, 5) is 0. The van der Waals surface area contributed by atoms with Gasteiger partial charge in [-0.3, -0.25) is 0 Å². The Morgan fingerprint density at radius 3 is 2.45 bits per heavy atom. The Morgan fingerprint density at radius 2 is 1.70 bits per heavy atom. The van der Waals surface area contributed by atoms with Crippen LogP contribution in [0.3, 0.4) is 0 Å². The van der Waals surface area contributed by atoms with Crippen LogP contribution in [0.4, 0.5) is 4.39 Å². The van der Waals surface area contributed by atoms with Crippen LogP contribution in [0.15, 0.2) is 42.5 Å². The molecule has 0 aromatic heterocycles. The average molecular weight is 271 g/mol. The SMILES string of the molecule is Cc1ccc(F)cc1CNC(C)Cc1ccccc1C. The van der Waals surface area contributed by atoms with E-state index >= 15 is 0 Å². The van der Waals surface area contributed by atoms with E-state index in [0.717, 1.165) is 17.5 Å². The summed E-state index contributed by atoms with van der Waals surface area (Å²) in [5, 5.41) is 3.48. The van der Waals surface area contributed by atoms with Gasteiger partial charge in [0.2, 0.25) is 0 Å². The molecule has 20 heavy (non-hydrogen) atoms. The van der Waals surface area contributed by atoms with E-state index in [-0.39, 0.29) is 5.82 Å². The van der Waals surface area contributed by atoms with Crippen LogP contribution in [0.2, 0.25) is 0 Å². The molecule has 0 saturated heterocycles. The average Bonchev–Trinajstić information content (AvgIpc) is 2.42. The van der Waals surface area contributed by atoms with E-state index in [4.69, 9.17) is 0 Å². The summed E-state index contributed by atoms with van der Waals surface area (Å²) in [6, 6.07) is 13.8. The fraction of sp³-hybridized carbons (Fsp3) is 0.333. The van der Waals surface area contributed by atoms with Crippen molar-refractivity contribution >= 4 is 0 Å². The van der Waals surface area contributed by atoms with Gasteiger partial charge in [0.1, 0.15) is 5.82 Å². The number of hydrogen-bond acceptors (Lipinski definition) is 1. The lowest BCUT2D eigenvalue weighted by Crippen LogP contribution is -2.28. The van der Waals surface area contributed by atoms with E-state index in [1.165, 1.54) is 17.2 Å². The molecule has 0 amide bonds. The van der Waals surface area contributed by atoms with Crippen molar-refractivity contribution < 1.29 is 4.39 Å². The van der Waals surface area contributed by atoms with Gasteiger partial charge >= 0.3 is 0 Å². The second-order valence-electron chi connectivity index (χ2n) is 5.48. The fourth-order valence-electron chi connectivity index (χ4n) is 2.36. The molecule has 0 heterocycles. The van der Waals surface area contributed by atoms with E-state index in [1.807, 2.05) is 13.0 Å². The highest BCUT2D eigenvalue weighted by Gasteiger charge is 2.06. The zero-order chi connectivity index (χ0) is 14.5. The maximum atomic E-state index is 13.2. The Hall–Kier alpha value is -1.67. The summed E-state index contributed by atoms with van der Waals surface area (Å²) >= 11 is 0. The number of benzene rings is 2. The van der Waals surface area contributed by atoms with Crippen molar-refractivity contribution in [3.05, 3.63) is 70.5 Å². The molecule has 0 bridgehead atoms. The molecule has 106 valence electrons. The van der Waals surface area contributed by atoms with Crippen molar-refractivity contribution in [1.82, 2.24) is 5.32 Å². The minimum absolute atomic E-state index is 0.168. The zero-order valence-electron chi connectivity index (χ0n) is 12.4. The molecule has 0 saturated carbocycles. The monoisotopic (exact) mass is 271 g/mol. The van der Waals surface area contributed by atoms with Gasteiger partial charge in [-0.15, -0.1) is 0 Å². The zero-order valence-corrected chi connectivity index (χ0v) is 12.4. The first-order chi connectivity index (χ1) is 9.56. The third-order valence-corrected chi connectivity index (χ3v) is 3.74. The maximum Gasteiger partial charge on any atom is 0.123 e. The Bertz CT molecular complexity index is 577. The minimum Gasteiger partial charge on any atom is -0.310 e. The molecule has 0 radical (unpaired) electrons. The van der Waals surface area contributed by atoms with Crippen molar-refractivity contribution in [2.45, 2.75) is 39.8 Å². The van der Waals surface area contributed by atoms with Crippen LogP contribution < -0.4 is 5.32 Å². The van der Waals surface area contributed by atoms with Gasteiger partial charge in [0.15, 0.2) is 0 Å². The molecule has 0 aliphatic heterocycles. The van der Waals surface area contributed by atoms with Gasteiger partial charge in [-0.2, -0.15) is 0 Å². The van der Waals surface area contributed by atoms with Gasteiger partial charge in [0.05, 0.1) is 0 Å². The van der Waals surface area contributed by atoms with Crippen LogP contribution in [0.1, 0.15) is 29.2 Å². The van der Waals surface area contributed by atoms with Crippen LogP contribution in [-0.2, 0) is 13.0 Å². The van der Waals surface area contributed by atoms with E-state index in [1.54, 1.807) is 6.07 Å². The van der Waals surface area contributed by atoms with E-state index in [2.05, 4.69) is 43.4 Å². The van der Waals surface area contributed by atoms with Gasteiger partial charge in [0.25, 0.3) is 0 Å². The molecule has 0 spiro atoms. The predicted octanol–water partition coefficient (Wildman–Crippen LogP) is 4.16. The summed E-state index contributed by atoms with van der Waals surface area (Å²) in [6.07, 6.45) is 0.987. The highest BCUT2D eigenvalue weighted by molar-refractivity contribution is 5.27. The number of aryl methyl sites for hydroxylation is 2. The highest BCUT2D eigenvalue weighted by Crippen LogP contribution is 2.12. The van der Waals surface area contributed by atoms with Gasteiger partial charge in [-0.05, 0) is 61.6 Å². The van der Waals surface area contributed by atoms with Crippen LogP contribution in [0.5, 0.6) is 0 Å². The Labute approximate surface area is 120 Å². The standard InChI is InChI=1S/C18H22FN/c1-13-6-4-5-7-16(13)10-15(3)20-12-17-11-18(19)9-8-14(17)2/h4-9,11,15,20H,10,12H2,1-3H3. The van der Waals surface area contributed by atoms with Crippen molar-refractivity contribution in [3.63, 3.8) is 0 Å². The molecule has 1 unspecified atom stereocenters. The van der Waals surface area contributed by atoms with Crippen LogP contribution in [0.25, 0.3) is 0 Å². The molecule has 1 nitrogen and oxygen atoms in total. The quantitative estimate of drug-likeness (QED) is 0.861. The number of nitrogens with one attached hydrogen (secondary N) is 1. The van der Waals surface area contributed by atoms with E-state index in [9.17, 15) is 4.39 Å². The number of hydrogen-bond donors (Lipinski definition) is 1. The smallest absolute Gasteiger partial charge is 0.123 e. The molecule has 0 fully saturated rings. The van der Waals surface area contributed by atoms with E-state index in [0.29, 0.717) is 12.6 Å². The molecule has 2 aromatic carbocycles. The van der Waals surface area contributed by atoms with E-state index < -0.39 is 0 Å². The molecule has 0 aliphatic carbocycles. The second kappa shape index (κ2) is 6.67. The largest absolute Gasteiger partial charge is 0.310 e. The van der Waals surface area contributed by atoms with Crippen LogP contribution in [0, 0.1) is 19.7 Å².